The summed E-state index contributed by atoms with van der Waals surface area (Å²) >= 11 is 3.20. The number of nitrogens with zero attached hydrogens (tertiary/aromatic N) is 1. The van der Waals surface area contributed by atoms with Crippen LogP contribution in [0.4, 0.5) is 0 Å². The quantitative estimate of drug-likeness (QED) is 0.356. The van der Waals surface area contributed by atoms with Crippen molar-refractivity contribution in [1.29, 1.82) is 0 Å². The van der Waals surface area contributed by atoms with Gasteiger partial charge in [-0.15, -0.1) is 11.8 Å². The zero-order chi connectivity index (χ0) is 23.8. The molecule has 1 unspecified atom stereocenters. The van der Waals surface area contributed by atoms with Crippen LogP contribution in [-0.4, -0.2) is 46.5 Å². The second-order valence-corrected chi connectivity index (χ2v) is 10.9. The van der Waals surface area contributed by atoms with Crippen molar-refractivity contribution in [3.63, 3.8) is 0 Å². The summed E-state index contributed by atoms with van der Waals surface area (Å²) in [6.07, 6.45) is 2.78. The maximum Gasteiger partial charge on any atom is 0.348 e. The minimum Gasteiger partial charge on any atom is -0.511 e. The van der Waals surface area contributed by atoms with Gasteiger partial charge in [-0.05, 0) is 30.4 Å². The first-order chi connectivity index (χ1) is 16.6. The van der Waals surface area contributed by atoms with Gasteiger partial charge in [-0.25, -0.2) is 4.79 Å². The Morgan fingerprint density at radius 1 is 1.03 bits per heavy atom. The molecule has 4 rings (SSSR count). The fourth-order valence-electron chi connectivity index (χ4n) is 4.44. The van der Waals surface area contributed by atoms with Gasteiger partial charge in [-0.1, -0.05) is 60.7 Å². The van der Waals surface area contributed by atoms with Crippen molar-refractivity contribution in [1.82, 2.24) is 4.90 Å². The maximum absolute atomic E-state index is 13.0. The number of esters is 1. The number of carbonyl (C=O) groups is 2. The molecule has 0 aromatic heterocycles. The average Bonchev–Trinajstić information content (AvgIpc) is 2.88. The minimum absolute atomic E-state index is 0.0860. The highest BCUT2D eigenvalue weighted by Gasteiger charge is 2.43. The Balaban J connectivity index is 1.42. The number of aliphatic hydroxyl groups is 1. The summed E-state index contributed by atoms with van der Waals surface area (Å²) in [7, 11) is 0. The number of cyclic esters (lactones) is 1. The van der Waals surface area contributed by atoms with Crippen molar-refractivity contribution in [2.24, 2.45) is 0 Å². The highest BCUT2D eigenvalue weighted by atomic mass is 32.2. The molecule has 180 valence electrons. The van der Waals surface area contributed by atoms with Gasteiger partial charge < -0.3 is 14.7 Å². The Labute approximate surface area is 209 Å². The van der Waals surface area contributed by atoms with E-state index >= 15 is 0 Å². The molecule has 2 heterocycles. The van der Waals surface area contributed by atoms with Gasteiger partial charge >= 0.3 is 5.97 Å². The van der Waals surface area contributed by atoms with Gasteiger partial charge in [-0.3, -0.25) is 4.79 Å². The van der Waals surface area contributed by atoms with Gasteiger partial charge in [0.25, 0.3) is 0 Å². The lowest BCUT2D eigenvalue weighted by Gasteiger charge is -2.37. The number of benzene rings is 2. The normalized spacial score (nSPS) is 20.8. The third-order valence-corrected chi connectivity index (χ3v) is 8.41. The van der Waals surface area contributed by atoms with Gasteiger partial charge in [0, 0.05) is 36.8 Å². The van der Waals surface area contributed by atoms with Gasteiger partial charge in [0.2, 0.25) is 5.91 Å². The van der Waals surface area contributed by atoms with Crippen molar-refractivity contribution in [2.45, 2.75) is 43.5 Å². The van der Waals surface area contributed by atoms with E-state index in [1.165, 1.54) is 11.8 Å². The summed E-state index contributed by atoms with van der Waals surface area (Å²) in [5, 5.41) is 10.9. The van der Waals surface area contributed by atoms with Crippen molar-refractivity contribution >= 4 is 35.4 Å². The summed E-state index contributed by atoms with van der Waals surface area (Å²) in [6.45, 7) is 1.66. The topological polar surface area (TPSA) is 66.8 Å². The first-order valence-electron chi connectivity index (χ1n) is 11.8. The first kappa shape index (κ1) is 24.7. The molecule has 1 atom stereocenters. The standard InChI is InChI=1S/C27H31NO4S2/c29-23-19-27(22-11-5-2-6-12-22,14-8-7-13-24(30)28-15-17-33-18-16-28)32-26(31)25(23)34-20-21-9-3-1-4-10-21/h1-6,9-12,29H,7-8,13-20H2. The fourth-order valence-corrected chi connectivity index (χ4v) is 6.25. The number of hydrogen-bond donors (Lipinski definition) is 1. The van der Waals surface area contributed by atoms with Crippen LogP contribution >= 0.6 is 23.5 Å². The highest BCUT2D eigenvalue weighted by Crippen LogP contribution is 2.44. The van der Waals surface area contributed by atoms with Crippen LogP contribution < -0.4 is 0 Å². The van der Waals surface area contributed by atoms with Crippen molar-refractivity contribution < 1.29 is 19.4 Å². The molecule has 0 spiro atoms. The number of rotatable bonds is 9. The van der Waals surface area contributed by atoms with Crippen LogP contribution in [0.25, 0.3) is 0 Å². The molecule has 2 aliphatic heterocycles. The second-order valence-electron chi connectivity index (χ2n) is 8.68. The lowest BCUT2D eigenvalue weighted by Crippen LogP contribution is -2.38. The summed E-state index contributed by atoms with van der Waals surface area (Å²) in [5.41, 5.74) is 1.04. The lowest BCUT2D eigenvalue weighted by atomic mass is 9.83. The number of amides is 1. The molecule has 0 saturated carbocycles. The van der Waals surface area contributed by atoms with Crippen molar-refractivity contribution in [2.75, 3.05) is 24.6 Å². The number of aliphatic hydroxyl groups excluding tert-OH is 1. The smallest absolute Gasteiger partial charge is 0.348 e. The van der Waals surface area contributed by atoms with Gasteiger partial charge in [0.1, 0.15) is 16.3 Å². The van der Waals surface area contributed by atoms with E-state index in [-0.39, 0.29) is 23.0 Å². The Morgan fingerprint density at radius 3 is 2.38 bits per heavy atom. The molecular formula is C27H31NO4S2. The van der Waals surface area contributed by atoms with Crippen LogP contribution in [-0.2, 0) is 25.7 Å². The van der Waals surface area contributed by atoms with E-state index in [9.17, 15) is 14.7 Å². The van der Waals surface area contributed by atoms with E-state index < -0.39 is 11.6 Å². The number of thioether (sulfide) groups is 2. The van der Waals surface area contributed by atoms with E-state index in [0.717, 1.165) is 48.6 Å². The molecule has 34 heavy (non-hydrogen) atoms. The summed E-state index contributed by atoms with van der Waals surface area (Å²) < 4.78 is 6.08. The molecule has 1 saturated heterocycles. The number of unbranched alkanes of at least 4 members (excludes halogenated alkanes) is 1. The van der Waals surface area contributed by atoms with Gasteiger partial charge in [-0.2, -0.15) is 11.8 Å². The van der Waals surface area contributed by atoms with E-state index in [1.807, 2.05) is 77.3 Å². The predicted octanol–water partition coefficient (Wildman–Crippen LogP) is 5.67. The Kier molecular flexibility index (Phi) is 8.62. The third kappa shape index (κ3) is 6.19. The molecule has 0 radical (unpaired) electrons. The van der Waals surface area contributed by atoms with Crippen LogP contribution in [0.15, 0.2) is 71.3 Å². The molecule has 5 nitrogen and oxygen atoms in total. The first-order valence-corrected chi connectivity index (χ1v) is 13.9. The van der Waals surface area contributed by atoms with E-state index in [2.05, 4.69) is 0 Å². The Morgan fingerprint density at radius 2 is 1.71 bits per heavy atom. The molecule has 1 N–H and O–H groups in total. The number of hydrogen-bond acceptors (Lipinski definition) is 6. The number of ether oxygens (including phenoxy) is 1. The van der Waals surface area contributed by atoms with Crippen LogP contribution in [0.5, 0.6) is 0 Å². The Bertz CT molecular complexity index is 1010. The molecule has 2 aromatic carbocycles. The number of carbonyl (C=O) groups excluding carboxylic acids is 2. The highest BCUT2D eigenvalue weighted by molar-refractivity contribution is 8.03. The predicted molar refractivity (Wildman–Crippen MR) is 139 cm³/mol. The molecule has 1 amide bonds. The largest absolute Gasteiger partial charge is 0.511 e. The van der Waals surface area contributed by atoms with E-state index in [4.69, 9.17) is 4.74 Å². The summed E-state index contributed by atoms with van der Waals surface area (Å²) in [6, 6.07) is 19.5. The van der Waals surface area contributed by atoms with Gasteiger partial charge in [0.15, 0.2) is 0 Å². The molecule has 0 bridgehead atoms. The molecule has 2 aliphatic rings. The van der Waals surface area contributed by atoms with Crippen molar-refractivity contribution in [3.8, 4) is 0 Å². The molecule has 0 aliphatic carbocycles. The van der Waals surface area contributed by atoms with E-state index in [1.54, 1.807) is 0 Å². The minimum atomic E-state index is -0.913. The monoisotopic (exact) mass is 497 g/mol. The average molecular weight is 498 g/mol. The Hall–Kier alpha value is -2.38. The second kappa shape index (κ2) is 11.8. The van der Waals surface area contributed by atoms with Gasteiger partial charge in [0.05, 0.1) is 6.42 Å². The molecule has 2 aromatic rings. The zero-order valence-electron chi connectivity index (χ0n) is 19.3. The van der Waals surface area contributed by atoms with Crippen LogP contribution in [0.2, 0.25) is 0 Å². The molecule has 1 fully saturated rings. The summed E-state index contributed by atoms with van der Waals surface area (Å²) in [5.74, 6) is 2.42. The molecule has 7 heteroatoms. The van der Waals surface area contributed by atoms with Crippen LogP contribution in [0, 0.1) is 0 Å². The van der Waals surface area contributed by atoms with Crippen molar-refractivity contribution in [3.05, 3.63) is 82.5 Å². The summed E-state index contributed by atoms with van der Waals surface area (Å²) in [4.78, 5) is 27.8. The third-order valence-electron chi connectivity index (χ3n) is 6.30. The van der Waals surface area contributed by atoms with Crippen LogP contribution in [0.1, 0.15) is 43.2 Å². The fraction of sp³-hybridized carbons (Fsp3) is 0.407. The SMILES string of the molecule is O=C1OC(CCCCC(=O)N2CCSCC2)(c2ccccc2)CC(O)=C1SCc1ccccc1. The molecular weight excluding hydrogens is 466 g/mol. The van der Waals surface area contributed by atoms with Crippen LogP contribution in [0.3, 0.4) is 0 Å². The lowest BCUT2D eigenvalue weighted by molar-refractivity contribution is -0.160. The zero-order valence-corrected chi connectivity index (χ0v) is 20.9. The van der Waals surface area contributed by atoms with E-state index in [0.29, 0.717) is 18.6 Å². The maximum atomic E-state index is 13.0.